The van der Waals surface area contributed by atoms with Crippen LogP contribution in [0.3, 0.4) is 0 Å². The van der Waals surface area contributed by atoms with Crippen molar-refractivity contribution >= 4 is 195 Å². The normalized spacial score (nSPS) is 12.1. The highest BCUT2D eigenvalue weighted by atomic mass is 15.2. The Morgan fingerprint density at radius 3 is 0.617 bits per heavy atom. The zero-order chi connectivity index (χ0) is 92.2. The largest absolute Gasteiger partial charge is 0.278 e. The van der Waals surface area contributed by atoms with Crippen molar-refractivity contribution in [1.82, 2.24) is 58.6 Å². The molecular weight excluding hydrogens is 1720 g/mol. The van der Waals surface area contributed by atoms with Crippen LogP contribution in [0.4, 0.5) is 0 Å². The second-order valence-corrected chi connectivity index (χ2v) is 37.0. The van der Waals surface area contributed by atoms with Gasteiger partial charge in [-0.15, -0.1) is 0 Å². The third kappa shape index (κ3) is 12.1. The summed E-state index contributed by atoms with van der Waals surface area (Å²) >= 11 is 0. The van der Waals surface area contributed by atoms with Gasteiger partial charge >= 0.3 is 0 Å². The first-order valence-corrected chi connectivity index (χ1v) is 47.8. The third-order valence-corrected chi connectivity index (χ3v) is 29.2. The first-order valence-electron chi connectivity index (χ1n) is 47.8. The Kier molecular flexibility index (Phi) is 17.0. The van der Waals surface area contributed by atoms with Crippen LogP contribution in [0.1, 0.15) is 0 Å². The molecule has 0 bridgehead atoms. The molecule has 141 heavy (non-hydrogen) atoms. The van der Waals surface area contributed by atoms with Crippen LogP contribution >= 0.6 is 0 Å². The fourth-order valence-corrected chi connectivity index (χ4v) is 22.8. The fourth-order valence-electron chi connectivity index (χ4n) is 22.8. The predicted molar refractivity (Wildman–Crippen MR) is 583 cm³/mol. The minimum absolute atomic E-state index is 0.601. The van der Waals surface area contributed by atoms with E-state index in [1.807, 2.05) is 30.3 Å². The fraction of sp³-hybridized carbons (Fsp3) is 0. The number of hydrogen-bond acceptors (Lipinski definition) is 9. The van der Waals surface area contributed by atoms with Gasteiger partial charge in [-0.3, -0.25) is 13.7 Å². The Labute approximate surface area is 805 Å². The summed E-state index contributed by atoms with van der Waals surface area (Å²) in [6, 6.07) is 159. The smallest absolute Gasteiger partial charge is 0.238 e. The van der Waals surface area contributed by atoms with Crippen LogP contribution in [0.25, 0.3) is 303 Å². The summed E-state index contributed by atoms with van der Waals surface area (Å²) in [7, 11) is 0. The Bertz CT molecular complexity index is 10400. The van der Waals surface area contributed by atoms with Gasteiger partial charge in [-0.1, -0.05) is 394 Å². The molecule has 12 heteroatoms. The zero-order valence-electron chi connectivity index (χ0n) is 75.6. The van der Waals surface area contributed by atoms with Crippen molar-refractivity contribution in [3.63, 3.8) is 0 Å². The van der Waals surface area contributed by atoms with E-state index in [4.69, 9.17) is 44.9 Å². The van der Waals surface area contributed by atoms with Crippen LogP contribution in [0.2, 0.25) is 0 Å². The summed E-state index contributed by atoms with van der Waals surface area (Å²) in [6.45, 7) is 0. The zero-order valence-corrected chi connectivity index (χ0v) is 75.6. The molecule has 0 fully saturated rings. The van der Waals surface area contributed by atoms with Gasteiger partial charge in [0, 0.05) is 81.9 Å². The number of hydrogen-bond donors (Lipinski definition) is 0. The lowest BCUT2D eigenvalue weighted by Gasteiger charge is -2.13. The maximum atomic E-state index is 5.25. The molecule has 32 aromatic rings. The van der Waals surface area contributed by atoms with E-state index in [-0.39, 0.29) is 0 Å². The van der Waals surface area contributed by atoms with E-state index in [1.54, 1.807) is 0 Å². The molecule has 6 heterocycles. The van der Waals surface area contributed by atoms with E-state index in [0.29, 0.717) is 52.8 Å². The molecule has 650 valence electrons. The van der Waals surface area contributed by atoms with Crippen LogP contribution in [0.15, 0.2) is 449 Å². The van der Waals surface area contributed by atoms with E-state index in [9.17, 15) is 0 Å². The minimum Gasteiger partial charge on any atom is -0.278 e. The molecule has 0 N–H and O–H groups in total. The molecule has 0 aliphatic carbocycles. The quantitative estimate of drug-likeness (QED) is 0.0917. The first-order chi connectivity index (χ1) is 69.9. The topological polar surface area (TPSA) is 131 Å². The first kappa shape index (κ1) is 78.2. The van der Waals surface area contributed by atoms with Gasteiger partial charge in [0.1, 0.15) is 0 Å². The van der Waals surface area contributed by atoms with Gasteiger partial charge in [0.05, 0.1) is 33.1 Å². The van der Waals surface area contributed by atoms with E-state index in [0.717, 1.165) is 93.8 Å². The predicted octanol–water partition coefficient (Wildman–Crippen LogP) is 32.7. The van der Waals surface area contributed by atoms with E-state index >= 15 is 0 Å². The molecule has 0 saturated heterocycles. The van der Waals surface area contributed by atoms with E-state index in [2.05, 4.69) is 432 Å². The maximum absolute atomic E-state index is 5.25. The van der Waals surface area contributed by atoms with Crippen molar-refractivity contribution in [1.29, 1.82) is 0 Å². The van der Waals surface area contributed by atoms with Gasteiger partial charge in [0.15, 0.2) is 34.9 Å². The highest BCUT2D eigenvalue weighted by Crippen LogP contribution is 2.52. The lowest BCUT2D eigenvalue weighted by molar-refractivity contribution is 0.953. The monoisotopic (exact) mass is 1790 g/mol. The number of rotatable bonds is 11. The lowest BCUT2D eigenvalue weighted by atomic mass is 9.89. The molecule has 12 nitrogen and oxygen atoms in total. The maximum Gasteiger partial charge on any atom is 0.238 e. The Balaban J connectivity index is 0.0000000995. The van der Waals surface area contributed by atoms with Crippen molar-refractivity contribution < 1.29 is 0 Å². The molecule has 0 atom stereocenters. The molecule has 26 aromatic carbocycles. The van der Waals surface area contributed by atoms with Gasteiger partial charge in [-0.25, -0.2) is 15.0 Å². The van der Waals surface area contributed by atoms with Gasteiger partial charge in [0.2, 0.25) is 17.8 Å². The second-order valence-electron chi connectivity index (χ2n) is 37.0. The van der Waals surface area contributed by atoms with Gasteiger partial charge < -0.3 is 0 Å². The van der Waals surface area contributed by atoms with Gasteiger partial charge in [-0.05, 0) is 190 Å². The Morgan fingerprint density at radius 1 is 0.113 bits per heavy atom. The Hall–Kier alpha value is -19.2. The summed E-state index contributed by atoms with van der Waals surface area (Å²) in [6.07, 6.45) is 0. The number of nitrogens with zero attached hydrogens (tertiary/aromatic N) is 12. The highest BCUT2D eigenvalue weighted by molar-refractivity contribution is 6.43. The van der Waals surface area contributed by atoms with Gasteiger partial charge in [0.25, 0.3) is 0 Å². The molecule has 0 saturated carbocycles. The summed E-state index contributed by atoms with van der Waals surface area (Å²) in [4.78, 5) is 46.6. The second kappa shape index (κ2) is 30.7. The average Bonchev–Trinajstić information content (AvgIpc) is 1.54. The van der Waals surface area contributed by atoms with Crippen LogP contribution in [-0.4, -0.2) is 58.6 Å². The van der Waals surface area contributed by atoms with Crippen molar-refractivity contribution in [2.24, 2.45) is 0 Å². The van der Waals surface area contributed by atoms with E-state index < -0.39 is 0 Å². The van der Waals surface area contributed by atoms with Crippen molar-refractivity contribution in [3.05, 3.63) is 449 Å². The highest BCUT2D eigenvalue weighted by Gasteiger charge is 2.30. The Morgan fingerprint density at radius 2 is 0.312 bits per heavy atom. The molecule has 0 radical (unpaired) electrons. The molecule has 6 aromatic heterocycles. The van der Waals surface area contributed by atoms with Crippen molar-refractivity contribution in [2.75, 3.05) is 0 Å². The molecule has 32 rings (SSSR count). The van der Waals surface area contributed by atoms with Crippen LogP contribution in [-0.2, 0) is 0 Å². The molecule has 0 spiro atoms. The molecule has 0 unspecified atom stereocenters. The molecule has 0 aliphatic rings. The third-order valence-electron chi connectivity index (χ3n) is 29.2. The SMILES string of the molecule is c1ccc(-c2ccc(-c3nc(-c4ccc(-c5ccccc5)cc4)nc(-n4c5cccc6c7cccc8ccc9ccc4c(c9c87)c65)n3)cc2)cc1.c1ccc(-c2nc(-c3ccc4ccccc4c3)nc(-n3c4cccc5c6cccc7ccc8ccc3c(c8c76)c54)n2)cc1.c1ccc2cc(-c3nc(-c4ccc5ccccc5c4)nc(-n4c5cccc6c7cccc8ccc9ccc4c(c9c87)c65)n3)ccc2c1. The van der Waals surface area contributed by atoms with Crippen LogP contribution < -0.4 is 0 Å². The number of fused-ring (bicyclic) bond motifs is 6. The summed E-state index contributed by atoms with van der Waals surface area (Å²) in [5.74, 6) is 5.70. The van der Waals surface area contributed by atoms with Crippen molar-refractivity contribution in [2.45, 2.75) is 0 Å². The number of aromatic nitrogens is 12. The minimum atomic E-state index is 0.601. The van der Waals surface area contributed by atoms with Gasteiger partial charge in [-0.2, -0.15) is 29.9 Å². The average molecular weight is 1790 g/mol. The van der Waals surface area contributed by atoms with Crippen molar-refractivity contribution in [3.8, 4) is 108 Å². The van der Waals surface area contributed by atoms with E-state index in [1.165, 1.54) is 157 Å². The van der Waals surface area contributed by atoms with Crippen LogP contribution in [0, 0.1) is 0 Å². The lowest BCUT2D eigenvalue weighted by Crippen LogP contribution is -2.06. The molecule has 0 aliphatic heterocycles. The summed E-state index contributed by atoms with van der Waals surface area (Å²) in [5.41, 5.74) is 16.9. The number of benzene rings is 26. The summed E-state index contributed by atoms with van der Waals surface area (Å²) < 4.78 is 6.72. The summed E-state index contributed by atoms with van der Waals surface area (Å²) in [5, 5.41) is 37.5. The standard InChI is InChI=1S/C47H28N4.C43H24N4.C39H22N4/c1-3-9-29(10-4-1)31-17-23-35(24-18-31)45-48-46(36-25-19-32(20-26-36)30-11-5-2-6-12-30)50-47(49-45)51-39-16-8-15-38-37-14-7-13-33-21-22-34-27-28-40(51)44(43(38)39)42(34)41(33)37;1-3-9-29-23-31(19-15-25(29)7-1)41-44-42(32-20-16-26-8-2-4-10-30(26)24-32)46-43(45-41)47-35-14-6-13-34-33-12-5-11-27-17-18-28-21-22-36(47)40(39(34)35)38(28)37(27)33;1-2-9-26(10-3-1)37-40-38(28-19-16-23-8-4-5-11-27(23)22-28)42-39(41-37)43-31-15-7-14-30-29-13-6-12-24-17-18-25-20-21-32(43)36(35(30)31)34(25)33(24)29/h1-28H;1-24H;1-22H. The van der Waals surface area contributed by atoms with Crippen LogP contribution in [0.5, 0.6) is 0 Å². The molecule has 0 amide bonds. The molecular formula is C129H74N12.